The molecule has 0 fully saturated rings. The Hall–Kier alpha value is -0.750. The summed E-state index contributed by atoms with van der Waals surface area (Å²) < 4.78 is 15.9. The van der Waals surface area contributed by atoms with E-state index in [1.54, 1.807) is 17.8 Å². The minimum absolute atomic E-state index is 0.0191. The molecule has 2 N–H and O–H groups in total. The van der Waals surface area contributed by atoms with Crippen LogP contribution in [0.25, 0.3) is 11.0 Å². The number of benzene rings is 1. The van der Waals surface area contributed by atoms with Crippen LogP contribution in [0.2, 0.25) is 0 Å². The van der Waals surface area contributed by atoms with Crippen LogP contribution >= 0.6 is 27.7 Å². The van der Waals surface area contributed by atoms with Crippen LogP contribution in [-0.4, -0.2) is 20.6 Å². The molecule has 0 radical (unpaired) electrons. The van der Waals surface area contributed by atoms with E-state index < -0.39 is 0 Å². The molecule has 0 aliphatic rings. The van der Waals surface area contributed by atoms with Gasteiger partial charge in [-0.15, -0.1) is 0 Å². The van der Waals surface area contributed by atoms with Crippen molar-refractivity contribution in [3.05, 3.63) is 22.4 Å². The van der Waals surface area contributed by atoms with Gasteiger partial charge in [-0.2, -0.15) is 11.8 Å². The zero-order valence-corrected chi connectivity index (χ0v) is 12.9. The summed E-state index contributed by atoms with van der Waals surface area (Å²) in [6, 6.07) is 3.13. The molecule has 1 aromatic heterocycles. The van der Waals surface area contributed by atoms with Gasteiger partial charge >= 0.3 is 0 Å². The fourth-order valence-corrected chi connectivity index (χ4v) is 2.34. The lowest BCUT2D eigenvalue weighted by Gasteiger charge is -2.23. The molecule has 2 aromatic rings. The second kappa shape index (κ2) is 4.74. The number of thioether (sulfide) groups is 1. The molecule has 98 valence electrons. The summed E-state index contributed by atoms with van der Waals surface area (Å²) >= 11 is 4.90. The van der Waals surface area contributed by atoms with Gasteiger partial charge in [0.2, 0.25) is 5.95 Å². The van der Waals surface area contributed by atoms with Crippen molar-refractivity contribution in [2.45, 2.75) is 25.1 Å². The number of halogens is 2. The third-order valence-electron chi connectivity index (χ3n) is 2.91. The Morgan fingerprint density at radius 3 is 2.78 bits per heavy atom. The normalized spacial score (nSPS) is 12.3. The van der Waals surface area contributed by atoms with Crippen molar-refractivity contribution >= 4 is 44.7 Å². The molecule has 0 aliphatic carbocycles. The number of rotatable bonds is 3. The molecule has 0 unspecified atom stereocenters. The van der Waals surface area contributed by atoms with Crippen LogP contribution in [0.3, 0.4) is 0 Å². The molecule has 0 saturated heterocycles. The van der Waals surface area contributed by atoms with E-state index in [1.165, 1.54) is 6.07 Å². The van der Waals surface area contributed by atoms with Crippen LogP contribution in [0.15, 0.2) is 16.6 Å². The van der Waals surface area contributed by atoms with Crippen molar-refractivity contribution in [3.63, 3.8) is 0 Å². The van der Waals surface area contributed by atoms with Gasteiger partial charge in [0, 0.05) is 17.4 Å². The van der Waals surface area contributed by atoms with E-state index >= 15 is 0 Å². The summed E-state index contributed by atoms with van der Waals surface area (Å²) in [5.41, 5.74) is 7.36. The highest BCUT2D eigenvalue weighted by Gasteiger charge is 2.20. The number of imidazole rings is 1. The Balaban J connectivity index is 2.57. The number of nitrogen functional groups attached to an aromatic ring is 1. The highest BCUT2D eigenvalue weighted by atomic mass is 79.9. The molecular weight excluding hydrogens is 317 g/mol. The monoisotopic (exact) mass is 331 g/mol. The lowest BCUT2D eigenvalue weighted by atomic mass is 10.2. The molecule has 2 rings (SSSR count). The van der Waals surface area contributed by atoms with Crippen LogP contribution < -0.4 is 5.73 Å². The van der Waals surface area contributed by atoms with Gasteiger partial charge < -0.3 is 10.3 Å². The van der Waals surface area contributed by atoms with Gasteiger partial charge in [-0.25, -0.2) is 9.37 Å². The number of hydrogen-bond donors (Lipinski definition) is 1. The average molecular weight is 332 g/mol. The predicted octanol–water partition coefficient (Wildman–Crippen LogP) is 3.66. The van der Waals surface area contributed by atoms with Gasteiger partial charge in [-0.05, 0) is 42.1 Å². The molecule has 1 heterocycles. The van der Waals surface area contributed by atoms with Crippen molar-refractivity contribution in [2.24, 2.45) is 0 Å². The molecule has 0 saturated carbocycles. The first-order chi connectivity index (χ1) is 8.34. The Morgan fingerprint density at radius 1 is 1.50 bits per heavy atom. The molecule has 3 nitrogen and oxygen atoms in total. The summed E-state index contributed by atoms with van der Waals surface area (Å²) in [6.45, 7) is 4.94. The van der Waals surface area contributed by atoms with Gasteiger partial charge in [0.25, 0.3) is 0 Å². The second-order valence-corrected chi connectivity index (χ2v) is 7.14. The zero-order valence-electron chi connectivity index (χ0n) is 10.5. The molecular formula is C12H15BrFN3S. The minimum Gasteiger partial charge on any atom is -0.369 e. The maximum atomic E-state index is 13.6. The number of nitrogens with zero attached hydrogens (tertiary/aromatic N) is 2. The van der Waals surface area contributed by atoms with Gasteiger partial charge in [-0.1, -0.05) is 0 Å². The van der Waals surface area contributed by atoms with E-state index in [9.17, 15) is 4.39 Å². The minimum atomic E-state index is -0.300. The third kappa shape index (κ3) is 2.49. The molecule has 0 aliphatic heterocycles. The number of hydrogen-bond acceptors (Lipinski definition) is 3. The van der Waals surface area contributed by atoms with Crippen LogP contribution in [0.1, 0.15) is 13.8 Å². The van der Waals surface area contributed by atoms with Gasteiger partial charge in [0.15, 0.2) is 0 Å². The lowest BCUT2D eigenvalue weighted by Crippen LogP contribution is -2.23. The largest absolute Gasteiger partial charge is 0.369 e. The second-order valence-electron chi connectivity index (χ2n) is 4.77. The van der Waals surface area contributed by atoms with Crippen molar-refractivity contribution < 1.29 is 4.39 Å². The Kier molecular flexibility index (Phi) is 3.60. The molecule has 0 bridgehead atoms. The van der Waals surface area contributed by atoms with E-state index in [0.29, 0.717) is 22.5 Å². The van der Waals surface area contributed by atoms with Gasteiger partial charge in [0.05, 0.1) is 15.5 Å². The SMILES string of the molecule is CSC(C)(C)Cn1c(N)nc2cc(Br)c(F)cc21. The zero-order chi connectivity index (χ0) is 13.5. The molecule has 0 atom stereocenters. The summed E-state index contributed by atoms with van der Waals surface area (Å²) in [4.78, 5) is 4.27. The number of fused-ring (bicyclic) bond motifs is 1. The number of anilines is 1. The molecule has 6 heteroatoms. The summed E-state index contributed by atoms with van der Waals surface area (Å²) in [6.07, 6.45) is 2.05. The molecule has 0 amide bonds. The molecule has 18 heavy (non-hydrogen) atoms. The first kappa shape index (κ1) is 13.7. The smallest absolute Gasteiger partial charge is 0.201 e. The van der Waals surface area contributed by atoms with Gasteiger partial charge in [0.1, 0.15) is 5.82 Å². The fraction of sp³-hybridized carbons (Fsp3) is 0.417. The van der Waals surface area contributed by atoms with E-state index in [2.05, 4.69) is 34.8 Å². The maximum absolute atomic E-state index is 13.6. The number of nitrogens with two attached hydrogens (primary N) is 1. The summed E-state index contributed by atoms with van der Waals surface area (Å²) in [5.74, 6) is 0.121. The van der Waals surface area contributed by atoms with Crippen molar-refractivity contribution in [1.82, 2.24) is 9.55 Å². The lowest BCUT2D eigenvalue weighted by molar-refractivity contribution is 0.582. The van der Waals surface area contributed by atoms with E-state index in [-0.39, 0.29) is 10.6 Å². The Morgan fingerprint density at radius 2 is 2.17 bits per heavy atom. The van der Waals surface area contributed by atoms with Crippen LogP contribution in [0.5, 0.6) is 0 Å². The van der Waals surface area contributed by atoms with Crippen LogP contribution in [-0.2, 0) is 6.54 Å². The van der Waals surface area contributed by atoms with E-state index in [0.717, 1.165) is 5.52 Å². The third-order valence-corrected chi connectivity index (χ3v) is 4.75. The van der Waals surface area contributed by atoms with Crippen molar-refractivity contribution in [1.29, 1.82) is 0 Å². The van der Waals surface area contributed by atoms with Crippen molar-refractivity contribution in [3.8, 4) is 0 Å². The summed E-state index contributed by atoms with van der Waals surface area (Å²) in [7, 11) is 0. The highest BCUT2D eigenvalue weighted by Crippen LogP contribution is 2.29. The molecule has 0 spiro atoms. The van der Waals surface area contributed by atoms with Gasteiger partial charge in [-0.3, -0.25) is 0 Å². The quantitative estimate of drug-likeness (QED) is 0.933. The first-order valence-electron chi connectivity index (χ1n) is 5.50. The Bertz CT molecular complexity index is 595. The van der Waals surface area contributed by atoms with Crippen molar-refractivity contribution in [2.75, 3.05) is 12.0 Å². The molecule has 1 aromatic carbocycles. The average Bonchev–Trinajstić information content (AvgIpc) is 2.57. The first-order valence-corrected chi connectivity index (χ1v) is 7.52. The van der Waals surface area contributed by atoms with Crippen LogP contribution in [0, 0.1) is 5.82 Å². The fourth-order valence-electron chi connectivity index (χ4n) is 1.75. The van der Waals surface area contributed by atoms with Crippen LogP contribution in [0.4, 0.5) is 10.3 Å². The van der Waals surface area contributed by atoms with E-state index in [1.807, 2.05) is 10.8 Å². The number of aromatic nitrogens is 2. The standard InChI is InChI=1S/C12H15BrFN3S/c1-12(2,18-3)6-17-10-5-8(14)7(13)4-9(10)16-11(17)15/h4-5H,6H2,1-3H3,(H2,15,16). The predicted molar refractivity (Wildman–Crippen MR) is 79.4 cm³/mol. The Labute approximate surface area is 118 Å². The highest BCUT2D eigenvalue weighted by molar-refractivity contribution is 9.10. The topological polar surface area (TPSA) is 43.8 Å². The maximum Gasteiger partial charge on any atom is 0.201 e. The van der Waals surface area contributed by atoms with E-state index in [4.69, 9.17) is 5.73 Å². The summed E-state index contributed by atoms with van der Waals surface area (Å²) in [5, 5.41) is 0.